The molecule has 7 heteroatoms. The Bertz CT molecular complexity index is 434. The van der Waals surface area contributed by atoms with E-state index in [9.17, 15) is 18.0 Å². The molecule has 112 valence electrons. The summed E-state index contributed by atoms with van der Waals surface area (Å²) in [6.45, 7) is 2.42. The lowest BCUT2D eigenvalue weighted by Gasteiger charge is -2.14. The van der Waals surface area contributed by atoms with Gasteiger partial charge in [-0.2, -0.15) is 13.2 Å². The molecule has 3 nitrogen and oxygen atoms in total. The molecule has 1 rings (SSSR count). The van der Waals surface area contributed by atoms with Gasteiger partial charge in [0.1, 0.15) is 5.69 Å². The summed E-state index contributed by atoms with van der Waals surface area (Å²) in [6.07, 6.45) is -2.15. The van der Waals surface area contributed by atoms with Crippen LogP contribution >= 0.6 is 11.6 Å². The highest BCUT2D eigenvalue weighted by atomic mass is 35.5. The van der Waals surface area contributed by atoms with Gasteiger partial charge >= 0.3 is 6.18 Å². The average molecular weight is 309 g/mol. The summed E-state index contributed by atoms with van der Waals surface area (Å²) in [5, 5.41) is 2.65. The predicted molar refractivity (Wildman–Crippen MR) is 70.7 cm³/mol. The highest BCUT2D eigenvalue weighted by Gasteiger charge is 2.30. The fourth-order valence-electron chi connectivity index (χ4n) is 1.63. The molecule has 0 radical (unpaired) electrons. The predicted octanol–water partition coefficient (Wildman–Crippen LogP) is 3.49. The van der Waals surface area contributed by atoms with Crippen molar-refractivity contribution in [1.29, 1.82) is 0 Å². The van der Waals surface area contributed by atoms with Crippen molar-refractivity contribution in [2.75, 3.05) is 12.4 Å². The van der Waals surface area contributed by atoms with Gasteiger partial charge in [0.2, 0.25) is 0 Å². The Balaban J connectivity index is 2.60. The van der Waals surface area contributed by atoms with E-state index in [-0.39, 0.29) is 11.6 Å². The number of pyridine rings is 1. The van der Waals surface area contributed by atoms with E-state index in [0.717, 1.165) is 25.0 Å². The third kappa shape index (κ3) is 5.00. The molecule has 1 atom stereocenters. The Kier molecular flexibility index (Phi) is 6.26. The average Bonchev–Trinajstić information content (AvgIpc) is 2.42. The Morgan fingerprint density at radius 2 is 2.15 bits per heavy atom. The number of halogens is 4. The number of nitrogens with one attached hydrogen (secondary N) is 1. The summed E-state index contributed by atoms with van der Waals surface area (Å²) < 4.78 is 37.1. The number of amides is 1. The van der Waals surface area contributed by atoms with Crippen molar-refractivity contribution in [2.24, 2.45) is 5.92 Å². The molecule has 0 fully saturated rings. The van der Waals surface area contributed by atoms with Crippen LogP contribution in [0.15, 0.2) is 18.3 Å². The molecule has 1 heterocycles. The highest BCUT2D eigenvalue weighted by molar-refractivity contribution is 6.17. The zero-order valence-corrected chi connectivity index (χ0v) is 11.8. The summed E-state index contributed by atoms with van der Waals surface area (Å²) in [6, 6.07) is 1.92. The van der Waals surface area contributed by atoms with E-state index in [2.05, 4.69) is 10.3 Å². The molecule has 0 bridgehead atoms. The SMILES string of the molecule is CCC(CCCl)CNC(=O)c1ccc(C(F)(F)F)cn1. The maximum atomic E-state index is 12.4. The van der Waals surface area contributed by atoms with Gasteiger partial charge in [0.25, 0.3) is 5.91 Å². The number of nitrogens with zero attached hydrogens (tertiary/aromatic N) is 1. The van der Waals surface area contributed by atoms with Gasteiger partial charge < -0.3 is 5.32 Å². The van der Waals surface area contributed by atoms with E-state index in [0.29, 0.717) is 18.6 Å². The fourth-order valence-corrected chi connectivity index (χ4v) is 1.94. The van der Waals surface area contributed by atoms with Gasteiger partial charge in [-0.25, -0.2) is 0 Å². The lowest BCUT2D eigenvalue weighted by molar-refractivity contribution is -0.137. The largest absolute Gasteiger partial charge is 0.417 e. The van der Waals surface area contributed by atoms with E-state index >= 15 is 0 Å². The molecule has 0 aromatic carbocycles. The number of aromatic nitrogens is 1. The smallest absolute Gasteiger partial charge is 0.350 e. The molecule has 20 heavy (non-hydrogen) atoms. The van der Waals surface area contributed by atoms with E-state index in [1.165, 1.54) is 0 Å². The number of hydrogen-bond donors (Lipinski definition) is 1. The molecular weight excluding hydrogens is 293 g/mol. The van der Waals surface area contributed by atoms with Crippen molar-refractivity contribution in [2.45, 2.75) is 25.9 Å². The molecule has 0 aliphatic carbocycles. The van der Waals surface area contributed by atoms with Gasteiger partial charge in [0.05, 0.1) is 5.56 Å². The lowest BCUT2D eigenvalue weighted by Crippen LogP contribution is -2.30. The second kappa shape index (κ2) is 7.47. The van der Waals surface area contributed by atoms with Gasteiger partial charge in [-0.05, 0) is 24.5 Å². The Morgan fingerprint density at radius 3 is 2.60 bits per heavy atom. The maximum Gasteiger partial charge on any atom is 0.417 e. The van der Waals surface area contributed by atoms with Gasteiger partial charge in [-0.1, -0.05) is 13.3 Å². The van der Waals surface area contributed by atoms with Crippen LogP contribution in [0, 0.1) is 5.92 Å². The zero-order chi connectivity index (χ0) is 15.2. The number of hydrogen-bond acceptors (Lipinski definition) is 2. The van der Waals surface area contributed by atoms with E-state index in [1.807, 2.05) is 6.92 Å². The van der Waals surface area contributed by atoms with Crippen LogP contribution in [0.3, 0.4) is 0 Å². The monoisotopic (exact) mass is 308 g/mol. The van der Waals surface area contributed by atoms with Gasteiger partial charge in [-0.15, -0.1) is 11.6 Å². The molecule has 0 spiro atoms. The van der Waals surface area contributed by atoms with Crippen LogP contribution in [0.4, 0.5) is 13.2 Å². The van der Waals surface area contributed by atoms with Crippen LogP contribution in [0.1, 0.15) is 35.8 Å². The molecule has 1 aromatic heterocycles. The summed E-state index contributed by atoms with van der Waals surface area (Å²) in [5.41, 5.74) is -0.902. The highest BCUT2D eigenvalue weighted by Crippen LogP contribution is 2.28. The number of carbonyl (C=O) groups excluding carboxylic acids is 1. The standard InChI is InChI=1S/C13H16ClF3N2O/c1-2-9(5-6-14)7-19-12(20)11-4-3-10(8-18-11)13(15,16)17/h3-4,8-9H,2,5-7H2,1H3,(H,19,20). The number of alkyl halides is 4. The maximum absolute atomic E-state index is 12.4. The van der Waals surface area contributed by atoms with Crippen LogP contribution in [-0.4, -0.2) is 23.3 Å². The lowest BCUT2D eigenvalue weighted by atomic mass is 10.0. The van der Waals surface area contributed by atoms with Gasteiger partial charge in [0.15, 0.2) is 0 Å². The first-order valence-corrected chi connectivity index (χ1v) is 6.79. The summed E-state index contributed by atoms with van der Waals surface area (Å²) >= 11 is 5.64. The van der Waals surface area contributed by atoms with Crippen LogP contribution in [0.5, 0.6) is 0 Å². The van der Waals surface area contributed by atoms with Crippen LogP contribution in [-0.2, 0) is 6.18 Å². The third-order valence-corrected chi connectivity index (χ3v) is 3.19. The fraction of sp³-hybridized carbons (Fsp3) is 0.538. The van der Waals surface area contributed by atoms with Crippen molar-refractivity contribution in [3.8, 4) is 0 Å². The minimum absolute atomic E-state index is 0.0290. The Labute approximate surface area is 120 Å². The molecule has 0 saturated carbocycles. The second-order valence-corrected chi connectivity index (χ2v) is 4.77. The molecule has 0 aliphatic rings. The molecule has 1 amide bonds. The minimum atomic E-state index is -4.45. The van der Waals surface area contributed by atoms with Gasteiger partial charge in [0, 0.05) is 18.6 Å². The topological polar surface area (TPSA) is 42.0 Å². The molecule has 0 saturated heterocycles. The van der Waals surface area contributed by atoms with E-state index < -0.39 is 17.6 Å². The molecule has 1 aromatic rings. The molecule has 1 unspecified atom stereocenters. The van der Waals surface area contributed by atoms with Gasteiger partial charge in [-0.3, -0.25) is 9.78 Å². The summed E-state index contributed by atoms with van der Waals surface area (Å²) in [5.74, 6) is 0.282. The summed E-state index contributed by atoms with van der Waals surface area (Å²) in [7, 11) is 0. The summed E-state index contributed by atoms with van der Waals surface area (Å²) in [4.78, 5) is 15.3. The molecular formula is C13H16ClF3N2O. The van der Waals surface area contributed by atoms with Crippen molar-refractivity contribution >= 4 is 17.5 Å². The zero-order valence-electron chi connectivity index (χ0n) is 11.0. The van der Waals surface area contributed by atoms with Crippen molar-refractivity contribution < 1.29 is 18.0 Å². The first-order chi connectivity index (χ1) is 9.38. The second-order valence-electron chi connectivity index (χ2n) is 4.39. The van der Waals surface area contributed by atoms with Crippen molar-refractivity contribution in [1.82, 2.24) is 10.3 Å². The van der Waals surface area contributed by atoms with Crippen molar-refractivity contribution in [3.05, 3.63) is 29.6 Å². The number of rotatable bonds is 6. The Hall–Kier alpha value is -1.30. The Morgan fingerprint density at radius 1 is 1.45 bits per heavy atom. The first-order valence-electron chi connectivity index (χ1n) is 6.25. The minimum Gasteiger partial charge on any atom is -0.350 e. The molecule has 1 N–H and O–H groups in total. The van der Waals surface area contributed by atoms with Crippen LogP contribution < -0.4 is 5.32 Å². The number of carbonyl (C=O) groups is 1. The van der Waals surface area contributed by atoms with Crippen LogP contribution in [0.2, 0.25) is 0 Å². The normalized spacial score (nSPS) is 13.1. The van der Waals surface area contributed by atoms with E-state index in [4.69, 9.17) is 11.6 Å². The molecule has 0 aliphatic heterocycles. The van der Waals surface area contributed by atoms with Crippen molar-refractivity contribution in [3.63, 3.8) is 0 Å². The van der Waals surface area contributed by atoms with Crippen LogP contribution in [0.25, 0.3) is 0 Å². The third-order valence-electron chi connectivity index (χ3n) is 2.97. The quantitative estimate of drug-likeness (QED) is 0.817. The first kappa shape index (κ1) is 16.8. The van der Waals surface area contributed by atoms with E-state index in [1.54, 1.807) is 0 Å².